The molecule has 6 nitrogen and oxygen atoms in total. The van der Waals surface area contributed by atoms with Crippen LogP contribution in [-0.4, -0.2) is 24.3 Å². The van der Waals surface area contributed by atoms with Crippen LogP contribution in [0.2, 0.25) is 10.0 Å². The number of halogens is 2. The maximum atomic E-state index is 12.6. The summed E-state index contributed by atoms with van der Waals surface area (Å²) in [7, 11) is 1.61. The summed E-state index contributed by atoms with van der Waals surface area (Å²) in [6.45, 7) is 1.79. The second-order valence-corrected chi connectivity index (χ2v) is 11.5. The van der Waals surface area contributed by atoms with Crippen molar-refractivity contribution in [3.05, 3.63) is 106 Å². The van der Waals surface area contributed by atoms with E-state index in [0.29, 0.717) is 28.6 Å². The van der Waals surface area contributed by atoms with E-state index in [2.05, 4.69) is 4.72 Å². The fourth-order valence-electron chi connectivity index (χ4n) is 4.72. The van der Waals surface area contributed by atoms with Crippen LogP contribution < -0.4 is 9.46 Å². The van der Waals surface area contributed by atoms with Crippen molar-refractivity contribution in [3.8, 4) is 28.0 Å². The van der Waals surface area contributed by atoms with Crippen LogP contribution in [0.1, 0.15) is 37.0 Å². The Bertz CT molecular complexity index is 1590. The molecule has 0 heterocycles. The molecule has 1 fully saturated rings. The van der Waals surface area contributed by atoms with Crippen molar-refractivity contribution in [3.63, 3.8) is 0 Å². The monoisotopic (exact) mass is 607 g/mol. The molecule has 5 rings (SSSR count). The van der Waals surface area contributed by atoms with Gasteiger partial charge in [0.1, 0.15) is 11.9 Å². The summed E-state index contributed by atoms with van der Waals surface area (Å²) in [5.74, 6) is -0.118. The van der Waals surface area contributed by atoms with Crippen LogP contribution in [0.25, 0.3) is 22.3 Å². The van der Waals surface area contributed by atoms with Crippen molar-refractivity contribution in [2.45, 2.75) is 36.2 Å². The Morgan fingerprint density at radius 2 is 1.51 bits per heavy atom. The third-order valence-electron chi connectivity index (χ3n) is 7.23. The highest BCUT2D eigenvalue weighted by atomic mass is 35.5. The largest absolute Gasteiger partial charge is 0.496 e. The SMILES string of the molecule is COc1cc(-c2ccc(Cl)cc2SNC(=O)O[C@H](C)c2ccc(Cl)cc2)ccc1-c1ccc(C2(C(=O)O)CC2)cc1. The van der Waals surface area contributed by atoms with E-state index in [1.165, 1.54) is 0 Å². The Morgan fingerprint density at radius 3 is 2.15 bits per heavy atom. The van der Waals surface area contributed by atoms with Gasteiger partial charge >= 0.3 is 12.1 Å². The molecule has 1 saturated carbocycles. The number of carbonyl (C=O) groups excluding carboxylic acids is 1. The summed E-state index contributed by atoms with van der Waals surface area (Å²) in [6.07, 6.45) is 0.275. The molecule has 4 aromatic rings. The maximum absolute atomic E-state index is 12.6. The van der Waals surface area contributed by atoms with E-state index in [9.17, 15) is 14.7 Å². The van der Waals surface area contributed by atoms with Crippen LogP contribution in [0.4, 0.5) is 4.79 Å². The zero-order valence-corrected chi connectivity index (χ0v) is 24.6. The first-order chi connectivity index (χ1) is 19.7. The third-order valence-corrected chi connectivity index (χ3v) is 8.55. The minimum atomic E-state index is -0.775. The Morgan fingerprint density at radius 1 is 0.878 bits per heavy atom. The van der Waals surface area contributed by atoms with E-state index in [1.807, 2.05) is 60.7 Å². The zero-order chi connectivity index (χ0) is 29.1. The van der Waals surface area contributed by atoms with Crippen LogP contribution in [0.3, 0.4) is 0 Å². The van der Waals surface area contributed by atoms with Gasteiger partial charge in [-0.15, -0.1) is 0 Å². The fraction of sp³-hybridized carbons (Fsp3) is 0.188. The Kier molecular flexibility index (Phi) is 8.50. The first kappa shape index (κ1) is 28.9. The molecule has 0 bridgehead atoms. The van der Waals surface area contributed by atoms with Crippen LogP contribution in [0.15, 0.2) is 89.8 Å². The van der Waals surface area contributed by atoms with Gasteiger partial charge in [0.2, 0.25) is 0 Å². The average Bonchev–Trinajstić information content (AvgIpc) is 3.79. The third kappa shape index (κ3) is 6.32. The summed E-state index contributed by atoms with van der Waals surface area (Å²) in [5.41, 5.74) is 4.42. The zero-order valence-electron chi connectivity index (χ0n) is 22.3. The number of methoxy groups -OCH3 is 1. The number of benzene rings is 4. The molecule has 0 spiro atoms. The molecule has 0 aromatic heterocycles. The number of rotatable bonds is 9. The molecule has 0 aliphatic heterocycles. The number of aliphatic carboxylic acids is 1. The first-order valence-electron chi connectivity index (χ1n) is 12.9. The maximum Gasteiger partial charge on any atom is 0.418 e. The second-order valence-electron chi connectivity index (χ2n) is 9.82. The van der Waals surface area contributed by atoms with Crippen molar-refractivity contribution in [1.82, 2.24) is 4.72 Å². The highest BCUT2D eigenvalue weighted by Crippen LogP contribution is 2.49. The summed E-state index contributed by atoms with van der Waals surface area (Å²) in [5, 5.41) is 10.7. The number of amides is 1. The van der Waals surface area contributed by atoms with Gasteiger partial charge in [-0.3, -0.25) is 9.52 Å². The molecule has 1 atom stereocenters. The molecular weight excluding hydrogens is 581 g/mol. The summed E-state index contributed by atoms with van der Waals surface area (Å²) in [4.78, 5) is 25.0. The van der Waals surface area contributed by atoms with Crippen molar-refractivity contribution >= 4 is 47.2 Å². The predicted molar refractivity (Wildman–Crippen MR) is 163 cm³/mol. The summed E-state index contributed by atoms with van der Waals surface area (Å²) < 4.78 is 14.0. The van der Waals surface area contributed by atoms with Crippen LogP contribution >= 0.6 is 35.1 Å². The molecule has 1 aliphatic rings. The van der Waals surface area contributed by atoms with E-state index in [-0.39, 0.29) is 0 Å². The van der Waals surface area contributed by atoms with Gasteiger partial charge in [0, 0.05) is 20.5 Å². The van der Waals surface area contributed by atoms with Crippen LogP contribution in [0, 0.1) is 0 Å². The molecule has 9 heteroatoms. The van der Waals surface area contributed by atoms with Gasteiger partial charge < -0.3 is 14.6 Å². The van der Waals surface area contributed by atoms with Gasteiger partial charge in [-0.2, -0.15) is 0 Å². The van der Waals surface area contributed by atoms with Gasteiger partial charge in [0.15, 0.2) is 0 Å². The van der Waals surface area contributed by atoms with Crippen molar-refractivity contribution < 1.29 is 24.2 Å². The topological polar surface area (TPSA) is 84.9 Å². The van der Waals surface area contributed by atoms with E-state index >= 15 is 0 Å². The Hall–Kier alpha value is -3.65. The summed E-state index contributed by atoms with van der Waals surface area (Å²) >= 11 is 13.4. The number of carboxylic acid groups (broad SMARTS) is 1. The van der Waals surface area contributed by atoms with Gasteiger partial charge in [0.25, 0.3) is 0 Å². The van der Waals surface area contributed by atoms with Crippen molar-refractivity contribution in [2.75, 3.05) is 7.11 Å². The van der Waals surface area contributed by atoms with Gasteiger partial charge in [0.05, 0.1) is 12.5 Å². The lowest BCUT2D eigenvalue weighted by molar-refractivity contribution is -0.140. The van der Waals surface area contributed by atoms with E-state index in [0.717, 1.165) is 50.2 Å². The van der Waals surface area contributed by atoms with Crippen molar-refractivity contribution in [2.24, 2.45) is 0 Å². The highest BCUT2D eigenvalue weighted by Gasteiger charge is 2.51. The standard InChI is InChI=1S/C32H27Cl2NO5S/c1-19(20-5-10-24(33)11-6-20)40-31(38)35-41-29-18-25(34)12-14-27(29)22-7-13-26(28(17-22)39-2)21-3-8-23(9-4-21)32(15-16-32)30(36)37/h3-14,17-19H,15-16H2,1-2H3,(H,35,38)(H,36,37)/t19-/m1/s1. The number of ether oxygens (including phenoxy) is 2. The average molecular weight is 609 g/mol. The number of hydrogen-bond acceptors (Lipinski definition) is 5. The second kappa shape index (κ2) is 12.1. The van der Waals surface area contributed by atoms with E-state index < -0.39 is 23.6 Å². The lowest BCUT2D eigenvalue weighted by Crippen LogP contribution is -2.19. The molecular formula is C32H27Cl2NO5S. The van der Waals surface area contributed by atoms with E-state index in [4.69, 9.17) is 32.7 Å². The van der Waals surface area contributed by atoms with Gasteiger partial charge in [-0.05, 0) is 89.9 Å². The molecule has 2 N–H and O–H groups in total. The molecule has 1 amide bonds. The lowest BCUT2D eigenvalue weighted by atomic mass is 9.93. The Balaban J connectivity index is 1.33. The lowest BCUT2D eigenvalue weighted by Gasteiger charge is -2.16. The molecule has 1 aliphatic carbocycles. The molecule has 0 radical (unpaired) electrons. The molecule has 0 unspecified atom stereocenters. The molecule has 4 aromatic carbocycles. The van der Waals surface area contributed by atoms with Crippen LogP contribution in [-0.2, 0) is 14.9 Å². The number of nitrogens with one attached hydrogen (secondary N) is 1. The van der Waals surface area contributed by atoms with Gasteiger partial charge in [-0.1, -0.05) is 77.8 Å². The molecule has 41 heavy (non-hydrogen) atoms. The minimum absolute atomic E-state index is 0.462. The highest BCUT2D eigenvalue weighted by molar-refractivity contribution is 7.98. The number of hydrogen-bond donors (Lipinski definition) is 2. The number of carbonyl (C=O) groups is 2. The van der Waals surface area contributed by atoms with Crippen molar-refractivity contribution in [1.29, 1.82) is 0 Å². The summed E-state index contributed by atoms with van der Waals surface area (Å²) in [6, 6.07) is 26.1. The predicted octanol–water partition coefficient (Wildman–Crippen LogP) is 8.95. The quantitative estimate of drug-likeness (QED) is 0.185. The number of carboxylic acids is 1. The normalized spacial score (nSPS) is 14.1. The Labute approximate surface area is 252 Å². The minimum Gasteiger partial charge on any atom is -0.496 e. The fourth-order valence-corrected chi connectivity index (χ4v) is 5.81. The molecule has 210 valence electrons. The molecule has 0 saturated heterocycles. The smallest absolute Gasteiger partial charge is 0.418 e. The van der Waals surface area contributed by atoms with Gasteiger partial charge in [-0.25, -0.2) is 4.79 Å². The first-order valence-corrected chi connectivity index (χ1v) is 14.5. The van der Waals surface area contributed by atoms with Crippen LogP contribution in [0.5, 0.6) is 5.75 Å². The van der Waals surface area contributed by atoms with E-state index in [1.54, 1.807) is 38.3 Å².